The average Bonchev–Trinajstić information content (AvgIpc) is 3.47. The van der Waals surface area contributed by atoms with Crippen molar-refractivity contribution in [3.05, 3.63) is 44.6 Å². The van der Waals surface area contributed by atoms with Gasteiger partial charge in [-0.3, -0.25) is 9.59 Å². The van der Waals surface area contributed by atoms with Crippen LogP contribution in [0.15, 0.2) is 22.9 Å². The van der Waals surface area contributed by atoms with E-state index in [1.807, 2.05) is 15.2 Å². The summed E-state index contributed by atoms with van der Waals surface area (Å²) < 4.78 is 42.1. The molecule has 1 atom stereocenters. The first-order chi connectivity index (χ1) is 23.5. The van der Waals surface area contributed by atoms with E-state index in [4.69, 9.17) is 11.6 Å². The highest BCUT2D eigenvalue weighted by molar-refractivity contribution is 7.08. The van der Waals surface area contributed by atoms with Gasteiger partial charge < -0.3 is 30.7 Å². The van der Waals surface area contributed by atoms with E-state index in [1.54, 1.807) is 16.2 Å². The third kappa shape index (κ3) is 8.31. The Hall–Kier alpha value is -3.03. The van der Waals surface area contributed by atoms with Gasteiger partial charge in [0.15, 0.2) is 0 Å². The van der Waals surface area contributed by atoms with Crippen LogP contribution in [0, 0.1) is 17.8 Å². The Kier molecular flexibility index (Phi) is 11.3. The van der Waals surface area contributed by atoms with E-state index in [0.29, 0.717) is 57.4 Å². The lowest BCUT2D eigenvalue weighted by Crippen LogP contribution is -2.50. The number of alkyl halides is 3. The summed E-state index contributed by atoms with van der Waals surface area (Å²) in [6.07, 6.45) is 1.27. The van der Waals surface area contributed by atoms with Gasteiger partial charge in [-0.05, 0) is 105 Å². The second-order valence-electron chi connectivity index (χ2n) is 13.9. The standard InChI is InChI=1S/C35H46ClF3N6O3S/c1-40-32-28(35(37,38)39)17-22(18-29(32)36)16-26(33(47)44-11-4-24(5-12-44)23-2-9-41-10-3-23)19-31(46)43-13-7-27(8-14-43)45-15-6-25-20-49-21-30(25)42-34(45)48/h17-18,20-21,23-24,26-27,40-41H,2-16,19H2,1H3,(H,42,48)/t26-/m0/s1. The first-order valence-electron chi connectivity index (χ1n) is 17.5. The summed E-state index contributed by atoms with van der Waals surface area (Å²) in [6.45, 7) is 4.69. The van der Waals surface area contributed by atoms with Gasteiger partial charge in [0.05, 0.1) is 27.9 Å². The maximum Gasteiger partial charge on any atom is 0.418 e. The average molecular weight is 723 g/mol. The number of nitrogens with zero attached hydrogens (tertiary/aromatic N) is 3. The van der Waals surface area contributed by atoms with Crippen LogP contribution in [0.4, 0.5) is 29.3 Å². The molecular formula is C35H46ClF3N6O3S. The van der Waals surface area contributed by atoms with Crippen LogP contribution in [0.2, 0.25) is 5.02 Å². The Balaban J connectivity index is 1.13. The molecule has 268 valence electrons. The maximum atomic E-state index is 14.1. The summed E-state index contributed by atoms with van der Waals surface area (Å²) in [4.78, 5) is 46.3. The fraction of sp³-hybridized carbons (Fsp3) is 0.629. The zero-order valence-corrected chi connectivity index (χ0v) is 29.5. The quantitative estimate of drug-likeness (QED) is 0.296. The molecule has 4 amide bonds. The molecule has 14 heteroatoms. The number of carbonyl (C=O) groups is 3. The molecule has 1 aromatic carbocycles. The number of piperidine rings is 3. The van der Waals surface area contributed by atoms with Gasteiger partial charge >= 0.3 is 12.2 Å². The van der Waals surface area contributed by atoms with Crippen LogP contribution in [0.25, 0.3) is 0 Å². The SMILES string of the molecule is CNc1c(Cl)cc(C[C@@H](CC(=O)N2CCC(N3CCc4cscc4NC3=O)CC2)C(=O)N2CCC(C3CCNCC3)CC2)cc1C(F)(F)F. The number of amides is 4. The zero-order chi connectivity index (χ0) is 34.7. The summed E-state index contributed by atoms with van der Waals surface area (Å²) in [5, 5.41) is 12.9. The van der Waals surface area contributed by atoms with Gasteiger partial charge in [-0.1, -0.05) is 11.6 Å². The molecule has 0 saturated carbocycles. The summed E-state index contributed by atoms with van der Waals surface area (Å²) in [5.41, 5.74) is 1.15. The molecule has 0 unspecified atom stereocenters. The number of anilines is 2. The van der Waals surface area contributed by atoms with Crippen molar-refractivity contribution in [2.75, 3.05) is 63.5 Å². The highest BCUT2D eigenvalue weighted by Gasteiger charge is 2.38. The second kappa shape index (κ2) is 15.5. The number of fused-ring (bicyclic) bond motifs is 1. The van der Waals surface area contributed by atoms with Crippen LogP contribution in [-0.4, -0.2) is 91.4 Å². The zero-order valence-electron chi connectivity index (χ0n) is 27.9. The number of urea groups is 1. The third-order valence-corrected chi connectivity index (χ3v) is 12.1. The predicted molar refractivity (Wildman–Crippen MR) is 186 cm³/mol. The third-order valence-electron chi connectivity index (χ3n) is 11.0. The number of halogens is 4. The van der Waals surface area contributed by atoms with Crippen LogP contribution in [-0.2, 0) is 28.6 Å². The number of thiophene rings is 1. The maximum absolute atomic E-state index is 14.1. The van der Waals surface area contributed by atoms with Gasteiger partial charge in [0.1, 0.15) is 0 Å². The summed E-state index contributed by atoms with van der Waals surface area (Å²) >= 11 is 7.89. The van der Waals surface area contributed by atoms with Crippen LogP contribution in [0.3, 0.4) is 0 Å². The van der Waals surface area contributed by atoms with Crippen LogP contribution < -0.4 is 16.0 Å². The normalized spacial score (nSPS) is 20.8. The molecule has 1 aromatic heterocycles. The van der Waals surface area contributed by atoms with Gasteiger partial charge in [-0.25, -0.2) is 4.79 Å². The molecule has 0 bridgehead atoms. The minimum absolute atomic E-state index is 0.0102. The van der Waals surface area contributed by atoms with E-state index in [0.717, 1.165) is 62.5 Å². The molecule has 0 spiro atoms. The molecule has 3 fully saturated rings. The van der Waals surface area contributed by atoms with Gasteiger partial charge in [-0.15, -0.1) is 11.3 Å². The first-order valence-corrected chi connectivity index (χ1v) is 18.8. The van der Waals surface area contributed by atoms with Crippen LogP contribution in [0.5, 0.6) is 0 Å². The van der Waals surface area contributed by atoms with Crippen molar-refractivity contribution >= 4 is 52.2 Å². The van der Waals surface area contributed by atoms with Crippen LogP contribution >= 0.6 is 22.9 Å². The number of rotatable bonds is 8. The Morgan fingerprint density at radius 1 is 0.980 bits per heavy atom. The van der Waals surface area contributed by atoms with E-state index in [-0.39, 0.29) is 53.0 Å². The Bertz CT molecular complexity index is 1500. The van der Waals surface area contributed by atoms with Gasteiger partial charge in [-0.2, -0.15) is 13.2 Å². The molecule has 49 heavy (non-hydrogen) atoms. The molecule has 0 radical (unpaired) electrons. The fourth-order valence-electron chi connectivity index (χ4n) is 8.23. The molecule has 9 nitrogen and oxygen atoms in total. The molecule has 4 aliphatic heterocycles. The Labute approximate surface area is 294 Å². The molecule has 6 rings (SSSR count). The molecular weight excluding hydrogens is 677 g/mol. The summed E-state index contributed by atoms with van der Waals surface area (Å²) in [7, 11) is 1.39. The number of benzene rings is 1. The molecule has 0 aliphatic carbocycles. The van der Waals surface area contributed by atoms with Crippen molar-refractivity contribution in [3.8, 4) is 0 Å². The van der Waals surface area contributed by atoms with E-state index >= 15 is 0 Å². The lowest BCUT2D eigenvalue weighted by molar-refractivity contribution is -0.143. The summed E-state index contributed by atoms with van der Waals surface area (Å²) in [5.74, 6) is -0.0254. The van der Waals surface area contributed by atoms with Gasteiger partial charge in [0, 0.05) is 57.6 Å². The largest absolute Gasteiger partial charge is 0.418 e. The monoisotopic (exact) mass is 722 g/mol. The van der Waals surface area contributed by atoms with Crippen molar-refractivity contribution in [1.82, 2.24) is 20.0 Å². The van der Waals surface area contributed by atoms with Crippen molar-refractivity contribution in [3.63, 3.8) is 0 Å². The minimum Gasteiger partial charge on any atom is -0.386 e. The highest BCUT2D eigenvalue weighted by Crippen LogP contribution is 2.40. The van der Waals surface area contributed by atoms with E-state index in [9.17, 15) is 27.6 Å². The number of carbonyl (C=O) groups excluding carboxylic acids is 3. The highest BCUT2D eigenvalue weighted by atomic mass is 35.5. The number of likely N-dealkylation sites (tertiary alicyclic amines) is 2. The molecule has 3 saturated heterocycles. The molecule has 2 aromatic rings. The van der Waals surface area contributed by atoms with Gasteiger partial charge in [0.2, 0.25) is 11.8 Å². The number of hydrogen-bond donors (Lipinski definition) is 3. The van der Waals surface area contributed by atoms with Gasteiger partial charge in [0.25, 0.3) is 0 Å². The lowest BCUT2D eigenvalue weighted by atomic mass is 9.79. The Morgan fingerprint density at radius 2 is 1.65 bits per heavy atom. The number of nitrogens with one attached hydrogen (secondary N) is 3. The smallest absolute Gasteiger partial charge is 0.386 e. The molecule has 3 N–H and O–H groups in total. The second-order valence-corrected chi connectivity index (χ2v) is 15.1. The van der Waals surface area contributed by atoms with E-state index < -0.39 is 17.7 Å². The van der Waals surface area contributed by atoms with Crippen molar-refractivity contribution in [2.45, 2.75) is 70.0 Å². The van der Waals surface area contributed by atoms with E-state index in [1.165, 1.54) is 13.1 Å². The molecule has 4 aliphatic rings. The van der Waals surface area contributed by atoms with Crippen LogP contribution in [0.1, 0.15) is 61.6 Å². The van der Waals surface area contributed by atoms with E-state index in [2.05, 4.69) is 21.3 Å². The minimum atomic E-state index is -4.65. The summed E-state index contributed by atoms with van der Waals surface area (Å²) in [6, 6.07) is 2.37. The van der Waals surface area contributed by atoms with Crippen molar-refractivity contribution < 1.29 is 27.6 Å². The van der Waals surface area contributed by atoms with Crippen molar-refractivity contribution in [1.29, 1.82) is 0 Å². The lowest BCUT2D eigenvalue weighted by Gasteiger charge is -2.40. The Morgan fingerprint density at radius 3 is 2.33 bits per heavy atom. The van der Waals surface area contributed by atoms with Crippen molar-refractivity contribution in [2.24, 2.45) is 17.8 Å². The topological polar surface area (TPSA) is 97.0 Å². The molecule has 5 heterocycles. The first kappa shape index (κ1) is 35.8. The predicted octanol–water partition coefficient (Wildman–Crippen LogP) is 6.33. The number of hydrogen-bond acceptors (Lipinski definition) is 6. The fourth-order valence-corrected chi connectivity index (χ4v) is 9.39.